The predicted octanol–water partition coefficient (Wildman–Crippen LogP) is 1.93. The van der Waals surface area contributed by atoms with Crippen molar-refractivity contribution in [2.45, 2.75) is 52.5 Å². The van der Waals surface area contributed by atoms with E-state index in [-0.39, 0.29) is 36.3 Å². The standard InChI is InChI=1S/C20H29N5O4S/c1-3-5-10-24(15(26)7-9-22-18(27)14-8-12-30-13-14)16-17(21)25(11-6-4-2)20(29)23-19(16)28/h8,12-13H,3-7,9-11,21H2,1-2H3,(H,22,27)(H,23,28,29). The molecule has 9 nitrogen and oxygen atoms in total. The number of carbonyl (C=O) groups excluding carboxylic acids is 2. The Labute approximate surface area is 178 Å². The van der Waals surface area contributed by atoms with E-state index in [2.05, 4.69) is 10.3 Å². The summed E-state index contributed by atoms with van der Waals surface area (Å²) in [5.74, 6) is -0.606. The summed E-state index contributed by atoms with van der Waals surface area (Å²) >= 11 is 1.41. The zero-order valence-electron chi connectivity index (χ0n) is 17.4. The number of nitrogens with zero attached hydrogens (tertiary/aromatic N) is 2. The number of nitrogens with one attached hydrogen (secondary N) is 2. The molecule has 2 aromatic rings. The third kappa shape index (κ3) is 5.82. The second-order valence-corrected chi connectivity index (χ2v) is 7.70. The Hall–Kier alpha value is -2.88. The fourth-order valence-corrected chi connectivity index (χ4v) is 3.60. The van der Waals surface area contributed by atoms with Crippen molar-refractivity contribution in [3.63, 3.8) is 0 Å². The SMILES string of the molecule is CCCCN(C(=O)CCNC(=O)c1ccsc1)c1c(N)n(CCCC)c(=O)[nH]c1=O. The topological polar surface area (TPSA) is 130 Å². The molecule has 0 radical (unpaired) electrons. The Morgan fingerprint density at radius 3 is 2.60 bits per heavy atom. The Kier molecular flexibility index (Phi) is 8.85. The lowest BCUT2D eigenvalue weighted by molar-refractivity contribution is -0.118. The number of hydrogen-bond acceptors (Lipinski definition) is 6. The predicted molar refractivity (Wildman–Crippen MR) is 119 cm³/mol. The van der Waals surface area contributed by atoms with Crippen molar-refractivity contribution >= 4 is 34.7 Å². The minimum atomic E-state index is -0.683. The normalized spacial score (nSPS) is 10.7. The summed E-state index contributed by atoms with van der Waals surface area (Å²) in [6.45, 7) is 4.74. The van der Waals surface area contributed by atoms with Crippen molar-refractivity contribution in [2.75, 3.05) is 23.7 Å². The van der Waals surface area contributed by atoms with Crippen molar-refractivity contribution in [3.8, 4) is 0 Å². The summed E-state index contributed by atoms with van der Waals surface area (Å²) in [6, 6.07) is 1.70. The van der Waals surface area contributed by atoms with Crippen molar-refractivity contribution < 1.29 is 9.59 Å². The number of amides is 2. The fourth-order valence-electron chi connectivity index (χ4n) is 2.97. The van der Waals surface area contributed by atoms with E-state index in [4.69, 9.17) is 5.73 Å². The number of rotatable bonds is 11. The van der Waals surface area contributed by atoms with Crippen LogP contribution in [-0.4, -0.2) is 34.5 Å². The molecule has 0 aromatic carbocycles. The first-order chi connectivity index (χ1) is 14.4. The first kappa shape index (κ1) is 23.4. The summed E-state index contributed by atoms with van der Waals surface area (Å²) in [4.78, 5) is 53.2. The van der Waals surface area contributed by atoms with E-state index in [1.54, 1.807) is 16.8 Å². The molecule has 0 aliphatic rings. The number of anilines is 2. The van der Waals surface area contributed by atoms with E-state index < -0.39 is 11.2 Å². The van der Waals surface area contributed by atoms with Crippen molar-refractivity contribution in [2.24, 2.45) is 0 Å². The third-order valence-electron chi connectivity index (χ3n) is 4.66. The van der Waals surface area contributed by atoms with E-state index in [0.29, 0.717) is 31.5 Å². The Bertz CT molecular complexity index is 965. The molecule has 0 fully saturated rings. The second-order valence-electron chi connectivity index (χ2n) is 6.92. The molecule has 2 rings (SSSR count). The molecule has 0 spiro atoms. The maximum atomic E-state index is 12.9. The van der Waals surface area contributed by atoms with Crippen LogP contribution in [0.2, 0.25) is 0 Å². The maximum absolute atomic E-state index is 12.9. The van der Waals surface area contributed by atoms with Gasteiger partial charge in [0.1, 0.15) is 5.82 Å². The van der Waals surface area contributed by atoms with Gasteiger partial charge in [-0.15, -0.1) is 0 Å². The monoisotopic (exact) mass is 435 g/mol. The Balaban J connectivity index is 2.21. The zero-order chi connectivity index (χ0) is 22.1. The van der Waals surface area contributed by atoms with Gasteiger partial charge in [0.2, 0.25) is 5.91 Å². The molecule has 2 aromatic heterocycles. The number of carbonyl (C=O) groups is 2. The van der Waals surface area contributed by atoms with Gasteiger partial charge in [-0.05, 0) is 24.3 Å². The highest BCUT2D eigenvalue weighted by atomic mass is 32.1. The number of aromatic amines is 1. The molecule has 0 bridgehead atoms. The largest absolute Gasteiger partial charge is 0.383 e. The molecule has 164 valence electrons. The first-order valence-corrected chi connectivity index (χ1v) is 11.1. The van der Waals surface area contributed by atoms with Gasteiger partial charge in [-0.2, -0.15) is 11.3 Å². The summed E-state index contributed by atoms with van der Waals surface area (Å²) in [5.41, 5.74) is 5.43. The van der Waals surface area contributed by atoms with Gasteiger partial charge in [-0.25, -0.2) is 4.79 Å². The van der Waals surface area contributed by atoms with Crippen LogP contribution in [0.4, 0.5) is 11.5 Å². The molecule has 0 saturated heterocycles. The van der Waals surface area contributed by atoms with Crippen LogP contribution in [0.1, 0.15) is 56.3 Å². The lowest BCUT2D eigenvalue weighted by Crippen LogP contribution is -2.42. The lowest BCUT2D eigenvalue weighted by Gasteiger charge is -2.24. The first-order valence-electron chi connectivity index (χ1n) is 10.1. The van der Waals surface area contributed by atoms with Crippen LogP contribution in [0.3, 0.4) is 0 Å². The molecule has 0 unspecified atom stereocenters. The molecule has 2 amide bonds. The van der Waals surface area contributed by atoms with Crippen LogP contribution in [0.25, 0.3) is 0 Å². The number of unbranched alkanes of at least 4 members (excludes halogenated alkanes) is 2. The van der Waals surface area contributed by atoms with Crippen LogP contribution in [0, 0.1) is 0 Å². The quantitative estimate of drug-likeness (QED) is 0.496. The zero-order valence-corrected chi connectivity index (χ0v) is 18.2. The number of thiophene rings is 1. The van der Waals surface area contributed by atoms with Crippen LogP contribution >= 0.6 is 11.3 Å². The van der Waals surface area contributed by atoms with Gasteiger partial charge >= 0.3 is 5.69 Å². The van der Waals surface area contributed by atoms with Gasteiger partial charge in [0.05, 0.1) is 0 Å². The molecule has 30 heavy (non-hydrogen) atoms. The summed E-state index contributed by atoms with van der Waals surface area (Å²) in [7, 11) is 0. The Morgan fingerprint density at radius 2 is 1.97 bits per heavy atom. The van der Waals surface area contributed by atoms with Gasteiger partial charge in [-0.3, -0.25) is 23.9 Å². The Morgan fingerprint density at radius 1 is 1.23 bits per heavy atom. The van der Waals surface area contributed by atoms with Gasteiger partial charge in [0, 0.05) is 37.0 Å². The average molecular weight is 436 g/mol. The fraction of sp³-hybridized carbons (Fsp3) is 0.500. The van der Waals surface area contributed by atoms with Gasteiger partial charge in [0.25, 0.3) is 11.5 Å². The molecule has 2 heterocycles. The minimum Gasteiger partial charge on any atom is -0.383 e. The molecular formula is C20H29N5O4S. The highest BCUT2D eigenvalue weighted by Crippen LogP contribution is 2.19. The minimum absolute atomic E-state index is 0.00619. The number of hydrogen-bond donors (Lipinski definition) is 3. The number of aromatic nitrogens is 2. The maximum Gasteiger partial charge on any atom is 0.330 e. The van der Waals surface area contributed by atoms with Crippen molar-refractivity contribution in [1.82, 2.24) is 14.9 Å². The summed E-state index contributed by atoms with van der Waals surface area (Å²) in [6.07, 6.45) is 3.05. The van der Waals surface area contributed by atoms with Crippen LogP contribution < -0.4 is 27.2 Å². The molecule has 4 N–H and O–H groups in total. The van der Waals surface area contributed by atoms with E-state index in [1.165, 1.54) is 20.8 Å². The van der Waals surface area contributed by atoms with E-state index >= 15 is 0 Å². The van der Waals surface area contributed by atoms with E-state index in [9.17, 15) is 19.2 Å². The molecule has 0 saturated carbocycles. The van der Waals surface area contributed by atoms with Gasteiger partial charge in [0.15, 0.2) is 5.69 Å². The lowest BCUT2D eigenvalue weighted by atomic mass is 10.2. The van der Waals surface area contributed by atoms with Crippen LogP contribution in [-0.2, 0) is 11.3 Å². The summed E-state index contributed by atoms with van der Waals surface area (Å²) in [5, 5.41) is 6.23. The van der Waals surface area contributed by atoms with E-state index in [1.807, 2.05) is 13.8 Å². The molecule has 0 atom stereocenters. The van der Waals surface area contributed by atoms with Crippen LogP contribution in [0.5, 0.6) is 0 Å². The van der Waals surface area contributed by atoms with Crippen LogP contribution in [0.15, 0.2) is 26.4 Å². The number of nitrogen functional groups attached to an aromatic ring is 1. The average Bonchev–Trinajstić information content (AvgIpc) is 3.25. The molecule has 10 heteroatoms. The van der Waals surface area contributed by atoms with Gasteiger partial charge < -0.3 is 16.0 Å². The van der Waals surface area contributed by atoms with Crippen molar-refractivity contribution in [1.29, 1.82) is 0 Å². The highest BCUT2D eigenvalue weighted by Gasteiger charge is 2.23. The van der Waals surface area contributed by atoms with E-state index in [0.717, 1.165) is 12.8 Å². The molecule has 0 aliphatic carbocycles. The second kappa shape index (κ2) is 11.3. The third-order valence-corrected chi connectivity index (χ3v) is 5.35. The van der Waals surface area contributed by atoms with Crippen molar-refractivity contribution in [3.05, 3.63) is 43.2 Å². The summed E-state index contributed by atoms with van der Waals surface area (Å²) < 4.78 is 1.30. The number of nitrogens with two attached hydrogens (primary N) is 1. The number of H-pyrrole nitrogens is 1. The smallest absolute Gasteiger partial charge is 0.330 e. The highest BCUT2D eigenvalue weighted by molar-refractivity contribution is 7.08. The molecular weight excluding hydrogens is 406 g/mol. The molecule has 0 aliphatic heterocycles. The van der Waals surface area contributed by atoms with Gasteiger partial charge in [-0.1, -0.05) is 26.7 Å².